The minimum Gasteiger partial charge on any atom is -0.384 e. The van der Waals surface area contributed by atoms with Crippen LogP contribution >= 0.6 is 0 Å². The van der Waals surface area contributed by atoms with Crippen LogP contribution in [-0.2, 0) is 6.42 Å². The lowest BCUT2D eigenvalue weighted by atomic mass is 10.1. The lowest BCUT2D eigenvalue weighted by molar-refractivity contribution is 1.11. The third-order valence-corrected chi connectivity index (χ3v) is 2.83. The topological polar surface area (TPSA) is 42.1 Å². The van der Waals surface area contributed by atoms with E-state index in [1.54, 1.807) is 6.07 Å². The van der Waals surface area contributed by atoms with Gasteiger partial charge in [0.1, 0.15) is 11.6 Å². The molecule has 1 aromatic heterocycles. The van der Waals surface area contributed by atoms with E-state index in [4.69, 9.17) is 5.73 Å². The van der Waals surface area contributed by atoms with Gasteiger partial charge in [0, 0.05) is 12.7 Å². The van der Waals surface area contributed by atoms with Crippen molar-refractivity contribution < 1.29 is 0 Å². The molecule has 0 radical (unpaired) electrons. The molecule has 0 atom stereocenters. The van der Waals surface area contributed by atoms with E-state index >= 15 is 0 Å². The zero-order valence-electron chi connectivity index (χ0n) is 10.2. The summed E-state index contributed by atoms with van der Waals surface area (Å²) in [6.45, 7) is 2.15. The molecule has 0 spiro atoms. The van der Waals surface area contributed by atoms with Crippen molar-refractivity contribution in [3.63, 3.8) is 0 Å². The molecule has 0 aliphatic heterocycles. The summed E-state index contributed by atoms with van der Waals surface area (Å²) < 4.78 is 0. The van der Waals surface area contributed by atoms with Crippen LogP contribution in [0.3, 0.4) is 0 Å². The maximum absolute atomic E-state index is 5.68. The van der Waals surface area contributed by atoms with Gasteiger partial charge in [-0.05, 0) is 36.2 Å². The van der Waals surface area contributed by atoms with Gasteiger partial charge in [0.2, 0.25) is 0 Å². The first-order valence-corrected chi connectivity index (χ1v) is 5.76. The predicted octanol–water partition coefficient (Wildman–Crippen LogP) is 2.99. The number of rotatable bonds is 3. The Balaban J connectivity index is 2.27. The minimum atomic E-state index is 0.541. The highest BCUT2D eigenvalue weighted by Crippen LogP contribution is 2.22. The summed E-state index contributed by atoms with van der Waals surface area (Å²) in [6.07, 6.45) is 1.06. The zero-order valence-corrected chi connectivity index (χ0v) is 10.2. The van der Waals surface area contributed by atoms with Crippen molar-refractivity contribution in [3.05, 3.63) is 48.0 Å². The molecule has 2 aromatic rings. The molecule has 2 rings (SSSR count). The molecule has 17 heavy (non-hydrogen) atoms. The van der Waals surface area contributed by atoms with Crippen molar-refractivity contribution in [2.24, 2.45) is 0 Å². The van der Waals surface area contributed by atoms with Crippen molar-refractivity contribution in [3.8, 4) is 0 Å². The molecule has 1 heterocycles. The number of nitrogen functional groups attached to an aromatic ring is 1. The monoisotopic (exact) mass is 227 g/mol. The Bertz CT molecular complexity index is 491. The SMILES string of the molecule is CCc1ccc(N(C)c2cccc(N)n2)cc1. The standard InChI is InChI=1S/C14H17N3/c1-3-11-7-9-12(10-8-11)17(2)14-6-4-5-13(15)16-14/h4-10H,3H2,1-2H3,(H2,15,16). The van der Waals surface area contributed by atoms with Gasteiger partial charge in [-0.1, -0.05) is 25.1 Å². The summed E-state index contributed by atoms with van der Waals surface area (Å²) in [6, 6.07) is 14.1. The quantitative estimate of drug-likeness (QED) is 0.876. The fraction of sp³-hybridized carbons (Fsp3) is 0.214. The molecule has 0 aliphatic rings. The fourth-order valence-electron chi connectivity index (χ4n) is 1.71. The summed E-state index contributed by atoms with van der Waals surface area (Å²) >= 11 is 0. The maximum Gasteiger partial charge on any atom is 0.135 e. The van der Waals surface area contributed by atoms with Crippen molar-refractivity contribution in [1.82, 2.24) is 4.98 Å². The molecule has 88 valence electrons. The number of hydrogen-bond donors (Lipinski definition) is 1. The molecule has 0 fully saturated rings. The van der Waals surface area contributed by atoms with Crippen molar-refractivity contribution in [2.75, 3.05) is 17.7 Å². The lowest BCUT2D eigenvalue weighted by Crippen LogP contribution is -2.11. The molecule has 0 bridgehead atoms. The number of nitrogens with zero attached hydrogens (tertiary/aromatic N) is 2. The highest BCUT2D eigenvalue weighted by molar-refractivity contribution is 5.60. The normalized spacial score (nSPS) is 10.2. The number of anilines is 3. The van der Waals surface area contributed by atoms with Crippen LogP contribution < -0.4 is 10.6 Å². The van der Waals surface area contributed by atoms with Gasteiger partial charge < -0.3 is 10.6 Å². The van der Waals surface area contributed by atoms with Gasteiger partial charge in [-0.15, -0.1) is 0 Å². The van der Waals surface area contributed by atoms with Crippen LogP contribution in [0, 0.1) is 0 Å². The van der Waals surface area contributed by atoms with Gasteiger partial charge in [0.25, 0.3) is 0 Å². The lowest BCUT2D eigenvalue weighted by Gasteiger charge is -2.18. The van der Waals surface area contributed by atoms with Crippen LogP contribution in [0.15, 0.2) is 42.5 Å². The minimum absolute atomic E-state index is 0.541. The van der Waals surface area contributed by atoms with Gasteiger partial charge >= 0.3 is 0 Å². The Hall–Kier alpha value is -2.03. The van der Waals surface area contributed by atoms with Crippen LogP contribution in [0.5, 0.6) is 0 Å². The van der Waals surface area contributed by atoms with Crippen LogP contribution in [0.2, 0.25) is 0 Å². The van der Waals surface area contributed by atoms with Crippen LogP contribution in [0.1, 0.15) is 12.5 Å². The fourth-order valence-corrected chi connectivity index (χ4v) is 1.71. The average molecular weight is 227 g/mol. The average Bonchev–Trinajstić information content (AvgIpc) is 2.38. The molecule has 0 aliphatic carbocycles. The molecule has 3 heteroatoms. The van der Waals surface area contributed by atoms with E-state index in [-0.39, 0.29) is 0 Å². The molecule has 3 nitrogen and oxygen atoms in total. The third kappa shape index (κ3) is 2.56. The number of pyridine rings is 1. The number of benzene rings is 1. The second-order valence-corrected chi connectivity index (χ2v) is 4.00. The predicted molar refractivity (Wildman–Crippen MR) is 72.5 cm³/mol. The second kappa shape index (κ2) is 4.87. The van der Waals surface area contributed by atoms with Crippen LogP contribution in [0.4, 0.5) is 17.3 Å². The van der Waals surface area contributed by atoms with E-state index in [1.807, 2.05) is 24.1 Å². The molecule has 0 saturated heterocycles. The first kappa shape index (κ1) is 11.5. The van der Waals surface area contributed by atoms with E-state index in [1.165, 1.54) is 5.56 Å². The summed E-state index contributed by atoms with van der Waals surface area (Å²) in [7, 11) is 1.99. The highest BCUT2D eigenvalue weighted by atomic mass is 15.2. The highest BCUT2D eigenvalue weighted by Gasteiger charge is 2.04. The Labute approximate surface area is 102 Å². The van der Waals surface area contributed by atoms with Crippen LogP contribution in [-0.4, -0.2) is 12.0 Å². The summed E-state index contributed by atoms with van der Waals surface area (Å²) in [5.74, 6) is 1.40. The van der Waals surface area contributed by atoms with E-state index in [9.17, 15) is 0 Å². The number of hydrogen-bond acceptors (Lipinski definition) is 3. The molecule has 0 saturated carbocycles. The van der Waals surface area contributed by atoms with Gasteiger partial charge in [-0.25, -0.2) is 4.98 Å². The molecule has 0 amide bonds. The molecular formula is C14H17N3. The van der Waals surface area contributed by atoms with E-state index in [0.29, 0.717) is 5.82 Å². The largest absolute Gasteiger partial charge is 0.384 e. The Morgan fingerprint density at radius 1 is 1.12 bits per heavy atom. The summed E-state index contributed by atoms with van der Waals surface area (Å²) in [5.41, 5.74) is 8.13. The Kier molecular flexibility index (Phi) is 3.28. The van der Waals surface area contributed by atoms with Gasteiger partial charge in [0.15, 0.2) is 0 Å². The number of aromatic nitrogens is 1. The molecule has 2 N–H and O–H groups in total. The second-order valence-electron chi connectivity index (χ2n) is 4.00. The van der Waals surface area contributed by atoms with Crippen molar-refractivity contribution in [1.29, 1.82) is 0 Å². The molecule has 0 unspecified atom stereocenters. The van der Waals surface area contributed by atoms with E-state index < -0.39 is 0 Å². The van der Waals surface area contributed by atoms with Gasteiger partial charge in [-0.3, -0.25) is 0 Å². The van der Waals surface area contributed by atoms with Crippen LogP contribution in [0.25, 0.3) is 0 Å². The van der Waals surface area contributed by atoms with Gasteiger partial charge in [0.05, 0.1) is 0 Å². The third-order valence-electron chi connectivity index (χ3n) is 2.83. The summed E-state index contributed by atoms with van der Waals surface area (Å²) in [5, 5.41) is 0. The molecular weight excluding hydrogens is 210 g/mol. The molecule has 1 aromatic carbocycles. The number of aryl methyl sites for hydroxylation is 1. The first-order chi connectivity index (χ1) is 8.20. The van der Waals surface area contributed by atoms with Gasteiger partial charge in [-0.2, -0.15) is 0 Å². The van der Waals surface area contributed by atoms with E-state index in [2.05, 4.69) is 36.2 Å². The Morgan fingerprint density at radius 2 is 1.82 bits per heavy atom. The van der Waals surface area contributed by atoms with Crippen molar-refractivity contribution in [2.45, 2.75) is 13.3 Å². The zero-order chi connectivity index (χ0) is 12.3. The summed E-state index contributed by atoms with van der Waals surface area (Å²) in [4.78, 5) is 6.32. The number of nitrogens with two attached hydrogens (primary N) is 1. The van der Waals surface area contributed by atoms with E-state index in [0.717, 1.165) is 17.9 Å². The first-order valence-electron chi connectivity index (χ1n) is 5.76. The maximum atomic E-state index is 5.68. The smallest absolute Gasteiger partial charge is 0.135 e. The Morgan fingerprint density at radius 3 is 2.41 bits per heavy atom. The van der Waals surface area contributed by atoms with Crippen molar-refractivity contribution >= 4 is 17.3 Å².